The number of carbonyl (C=O) groups is 1. The molecule has 1 unspecified atom stereocenters. The molecule has 0 aromatic carbocycles. The van der Waals surface area contributed by atoms with Crippen LogP contribution < -0.4 is 16.0 Å². The van der Waals surface area contributed by atoms with E-state index >= 15 is 0 Å². The van der Waals surface area contributed by atoms with Crippen LogP contribution in [0.25, 0.3) is 0 Å². The van der Waals surface area contributed by atoms with Crippen LogP contribution in [-0.2, 0) is 4.79 Å². The van der Waals surface area contributed by atoms with Crippen molar-refractivity contribution in [3.05, 3.63) is 23.4 Å². The van der Waals surface area contributed by atoms with Crippen molar-refractivity contribution < 1.29 is 4.79 Å². The third kappa shape index (κ3) is 7.43. The molecule has 5 nitrogen and oxygen atoms in total. The van der Waals surface area contributed by atoms with Gasteiger partial charge >= 0.3 is 0 Å². The fourth-order valence-corrected chi connectivity index (χ4v) is 3.00. The highest BCUT2D eigenvalue weighted by molar-refractivity contribution is 6.32. The molecule has 0 radical (unpaired) electrons. The number of unbranched alkanes of at least 4 members (excludes halogenated alkanes) is 3. The number of nitrogens with zero attached hydrogens (tertiary/aromatic N) is 2. The Bertz CT molecular complexity index is 490. The average molecular weight is 398 g/mol. The van der Waals surface area contributed by atoms with E-state index in [1.54, 1.807) is 6.20 Å². The predicted molar refractivity (Wildman–Crippen MR) is 105 cm³/mol. The van der Waals surface area contributed by atoms with E-state index in [9.17, 15) is 4.79 Å². The van der Waals surface area contributed by atoms with Crippen LogP contribution in [0.3, 0.4) is 0 Å². The summed E-state index contributed by atoms with van der Waals surface area (Å²) < 4.78 is 0. The fourth-order valence-electron chi connectivity index (χ4n) is 2.76. The highest BCUT2D eigenvalue weighted by Gasteiger charge is 2.25. The maximum atomic E-state index is 11.9. The van der Waals surface area contributed by atoms with E-state index in [1.165, 1.54) is 0 Å². The van der Waals surface area contributed by atoms with Crippen LogP contribution in [0.1, 0.15) is 38.5 Å². The Morgan fingerprint density at radius 1 is 1.33 bits per heavy atom. The third-order valence-electron chi connectivity index (χ3n) is 3.95. The molecular weight excluding hydrogens is 371 g/mol. The number of hydrogen-bond donors (Lipinski definition) is 2. The number of amides is 1. The molecule has 1 atom stereocenters. The highest BCUT2D eigenvalue weighted by Crippen LogP contribution is 2.25. The Hall–Kier alpha value is -0.750. The smallest absolute Gasteiger partial charge is 0.220 e. The number of halogens is 3. The first-order chi connectivity index (χ1) is 10.7. The number of aromatic nitrogens is 1. The van der Waals surface area contributed by atoms with Crippen molar-refractivity contribution in [2.45, 2.75) is 44.6 Å². The largest absolute Gasteiger partial charge is 0.353 e. The predicted octanol–water partition coefficient (Wildman–Crippen LogP) is 3.18. The molecule has 8 heteroatoms. The first kappa shape index (κ1) is 23.2. The molecule has 1 fully saturated rings. The number of hydrogen-bond acceptors (Lipinski definition) is 4. The second-order valence-electron chi connectivity index (χ2n) is 5.76. The fraction of sp³-hybridized carbons (Fsp3) is 0.625. The second-order valence-corrected chi connectivity index (χ2v) is 6.17. The highest BCUT2D eigenvalue weighted by atomic mass is 35.5. The van der Waals surface area contributed by atoms with Crippen molar-refractivity contribution in [2.24, 2.45) is 5.73 Å². The van der Waals surface area contributed by atoms with Gasteiger partial charge in [-0.3, -0.25) is 4.79 Å². The molecule has 24 heavy (non-hydrogen) atoms. The maximum absolute atomic E-state index is 11.9. The van der Waals surface area contributed by atoms with E-state index in [4.69, 9.17) is 17.3 Å². The lowest BCUT2D eigenvalue weighted by molar-refractivity contribution is -0.121. The Labute approximate surface area is 161 Å². The van der Waals surface area contributed by atoms with Crippen molar-refractivity contribution >= 4 is 48.1 Å². The molecule has 1 aromatic heterocycles. The van der Waals surface area contributed by atoms with E-state index in [-0.39, 0.29) is 36.8 Å². The second kappa shape index (κ2) is 12.6. The normalized spacial score (nSPS) is 16.2. The SMILES string of the molecule is Cl.Cl.NCCCCCCC(=O)NC1CCN(c2ncccc2Cl)C1. The van der Waals surface area contributed by atoms with E-state index in [0.717, 1.165) is 57.6 Å². The first-order valence-corrected chi connectivity index (χ1v) is 8.43. The van der Waals surface area contributed by atoms with Crippen molar-refractivity contribution in [3.8, 4) is 0 Å². The van der Waals surface area contributed by atoms with Gasteiger partial charge in [-0.05, 0) is 37.9 Å². The minimum atomic E-state index is 0. The van der Waals surface area contributed by atoms with E-state index in [1.807, 2.05) is 12.1 Å². The van der Waals surface area contributed by atoms with Crippen molar-refractivity contribution in [2.75, 3.05) is 24.5 Å². The molecule has 1 saturated heterocycles. The molecule has 1 aliphatic heterocycles. The van der Waals surface area contributed by atoms with Crippen molar-refractivity contribution in [1.82, 2.24) is 10.3 Å². The van der Waals surface area contributed by atoms with Crippen LogP contribution in [0, 0.1) is 0 Å². The standard InChI is InChI=1S/C16H25ClN4O.2ClH/c17-14-6-5-10-19-16(14)21-11-8-13(12-21)20-15(22)7-3-1-2-4-9-18;;/h5-6,10,13H,1-4,7-9,11-12,18H2,(H,20,22);2*1H. The Morgan fingerprint density at radius 3 is 2.79 bits per heavy atom. The first-order valence-electron chi connectivity index (χ1n) is 8.05. The average Bonchev–Trinajstić information content (AvgIpc) is 2.95. The summed E-state index contributed by atoms with van der Waals surface area (Å²) in [5, 5.41) is 3.77. The summed E-state index contributed by atoms with van der Waals surface area (Å²) in [6.45, 7) is 2.38. The van der Waals surface area contributed by atoms with Gasteiger partial charge in [-0.1, -0.05) is 24.4 Å². The van der Waals surface area contributed by atoms with E-state index in [2.05, 4.69) is 15.2 Å². The summed E-state index contributed by atoms with van der Waals surface area (Å²) in [6, 6.07) is 3.86. The van der Waals surface area contributed by atoms with Crippen LogP contribution in [0.5, 0.6) is 0 Å². The zero-order chi connectivity index (χ0) is 15.8. The molecule has 138 valence electrons. The topological polar surface area (TPSA) is 71.2 Å². The monoisotopic (exact) mass is 396 g/mol. The summed E-state index contributed by atoms with van der Waals surface area (Å²) in [6.07, 6.45) is 7.45. The number of anilines is 1. The number of pyridine rings is 1. The quantitative estimate of drug-likeness (QED) is 0.661. The zero-order valence-corrected chi connectivity index (χ0v) is 16.1. The van der Waals surface area contributed by atoms with Crippen LogP contribution in [0.2, 0.25) is 5.02 Å². The Kier molecular flexibility index (Phi) is 12.2. The lowest BCUT2D eigenvalue weighted by atomic mass is 10.1. The van der Waals surface area contributed by atoms with Gasteiger partial charge in [-0.25, -0.2) is 4.98 Å². The summed E-state index contributed by atoms with van der Waals surface area (Å²) >= 11 is 6.17. The van der Waals surface area contributed by atoms with Gasteiger partial charge in [0.05, 0.1) is 5.02 Å². The molecule has 1 aromatic rings. The number of nitrogens with two attached hydrogens (primary N) is 1. The summed E-state index contributed by atoms with van der Waals surface area (Å²) in [5.74, 6) is 0.953. The van der Waals surface area contributed by atoms with Crippen LogP contribution in [-0.4, -0.2) is 36.6 Å². The van der Waals surface area contributed by atoms with Gasteiger partial charge in [0.15, 0.2) is 0 Å². The minimum Gasteiger partial charge on any atom is -0.353 e. The van der Waals surface area contributed by atoms with E-state index < -0.39 is 0 Å². The van der Waals surface area contributed by atoms with Crippen LogP contribution in [0.15, 0.2) is 18.3 Å². The van der Waals surface area contributed by atoms with Gasteiger partial charge in [0.25, 0.3) is 0 Å². The minimum absolute atomic E-state index is 0. The van der Waals surface area contributed by atoms with Gasteiger partial charge in [0.1, 0.15) is 5.82 Å². The van der Waals surface area contributed by atoms with Gasteiger partial charge in [-0.2, -0.15) is 0 Å². The number of nitrogens with one attached hydrogen (secondary N) is 1. The van der Waals surface area contributed by atoms with Gasteiger partial charge in [0, 0.05) is 31.7 Å². The molecule has 1 amide bonds. The molecule has 0 saturated carbocycles. The van der Waals surface area contributed by atoms with Gasteiger partial charge in [0.2, 0.25) is 5.91 Å². The summed E-state index contributed by atoms with van der Waals surface area (Å²) in [7, 11) is 0. The molecule has 3 N–H and O–H groups in total. The van der Waals surface area contributed by atoms with Crippen LogP contribution >= 0.6 is 36.4 Å². The Balaban J connectivity index is 0.00000264. The lowest BCUT2D eigenvalue weighted by Crippen LogP contribution is -2.37. The molecule has 0 aliphatic carbocycles. The summed E-state index contributed by atoms with van der Waals surface area (Å²) in [4.78, 5) is 18.4. The van der Waals surface area contributed by atoms with Gasteiger partial charge < -0.3 is 16.0 Å². The zero-order valence-electron chi connectivity index (χ0n) is 13.7. The maximum Gasteiger partial charge on any atom is 0.220 e. The van der Waals surface area contributed by atoms with Crippen molar-refractivity contribution in [3.63, 3.8) is 0 Å². The molecule has 2 rings (SSSR count). The molecule has 0 spiro atoms. The molecular formula is C16H27Cl3N4O. The van der Waals surface area contributed by atoms with E-state index in [0.29, 0.717) is 11.4 Å². The molecule has 1 aliphatic rings. The summed E-state index contributed by atoms with van der Waals surface area (Å²) in [5.41, 5.74) is 5.45. The lowest BCUT2D eigenvalue weighted by Gasteiger charge is -2.18. The van der Waals surface area contributed by atoms with Crippen LogP contribution in [0.4, 0.5) is 5.82 Å². The molecule has 0 bridgehead atoms. The number of rotatable bonds is 8. The van der Waals surface area contributed by atoms with Gasteiger partial charge in [-0.15, -0.1) is 24.8 Å². The number of carbonyl (C=O) groups excluding carboxylic acids is 1. The third-order valence-corrected chi connectivity index (χ3v) is 4.24. The Morgan fingerprint density at radius 2 is 2.08 bits per heavy atom. The molecule has 2 heterocycles. The van der Waals surface area contributed by atoms with Crippen molar-refractivity contribution in [1.29, 1.82) is 0 Å².